The van der Waals surface area contributed by atoms with Gasteiger partial charge >= 0.3 is 0 Å². The SMILES string of the molecule is CC1CNCCN1Cc1cccc(-c2ccnc(NCCc3nn[nH]n3)n2)c1. The first-order valence-electron chi connectivity index (χ1n) is 9.61. The molecular formula is C19H25N9. The second-order valence-electron chi connectivity index (χ2n) is 6.99. The Bertz CT molecular complexity index is 881. The van der Waals surface area contributed by atoms with Crippen LogP contribution in [0.3, 0.4) is 0 Å². The lowest BCUT2D eigenvalue weighted by molar-refractivity contribution is 0.165. The van der Waals surface area contributed by atoms with Gasteiger partial charge in [-0.25, -0.2) is 9.97 Å². The summed E-state index contributed by atoms with van der Waals surface area (Å²) in [4.78, 5) is 11.5. The Morgan fingerprint density at radius 1 is 1.29 bits per heavy atom. The third kappa shape index (κ3) is 4.68. The van der Waals surface area contributed by atoms with Gasteiger partial charge in [-0.3, -0.25) is 4.90 Å². The quantitative estimate of drug-likeness (QED) is 0.560. The molecule has 0 aliphatic carbocycles. The largest absolute Gasteiger partial charge is 0.354 e. The van der Waals surface area contributed by atoms with Crippen molar-refractivity contribution in [3.63, 3.8) is 0 Å². The van der Waals surface area contributed by atoms with E-state index >= 15 is 0 Å². The van der Waals surface area contributed by atoms with E-state index in [-0.39, 0.29) is 0 Å². The average Bonchev–Trinajstić information content (AvgIpc) is 3.24. The Morgan fingerprint density at radius 3 is 3.11 bits per heavy atom. The van der Waals surface area contributed by atoms with E-state index in [9.17, 15) is 0 Å². The zero-order valence-electron chi connectivity index (χ0n) is 16.0. The van der Waals surface area contributed by atoms with Gasteiger partial charge in [0.05, 0.1) is 5.69 Å². The molecule has 1 aromatic carbocycles. The number of benzene rings is 1. The van der Waals surface area contributed by atoms with E-state index < -0.39 is 0 Å². The molecule has 1 saturated heterocycles. The normalized spacial score (nSPS) is 17.5. The molecule has 1 atom stereocenters. The summed E-state index contributed by atoms with van der Waals surface area (Å²) in [5.41, 5.74) is 3.31. The zero-order valence-corrected chi connectivity index (χ0v) is 16.0. The molecule has 0 saturated carbocycles. The highest BCUT2D eigenvalue weighted by atomic mass is 15.5. The zero-order chi connectivity index (χ0) is 19.2. The van der Waals surface area contributed by atoms with Crippen molar-refractivity contribution < 1.29 is 0 Å². The number of tetrazole rings is 1. The summed E-state index contributed by atoms with van der Waals surface area (Å²) >= 11 is 0. The highest BCUT2D eigenvalue weighted by Gasteiger charge is 2.17. The van der Waals surface area contributed by atoms with Gasteiger partial charge < -0.3 is 10.6 Å². The Balaban J connectivity index is 1.42. The van der Waals surface area contributed by atoms with Crippen LogP contribution in [0.15, 0.2) is 36.5 Å². The minimum Gasteiger partial charge on any atom is -0.354 e. The lowest BCUT2D eigenvalue weighted by Gasteiger charge is -2.33. The number of H-pyrrole nitrogens is 1. The monoisotopic (exact) mass is 379 g/mol. The predicted molar refractivity (Wildman–Crippen MR) is 107 cm³/mol. The van der Waals surface area contributed by atoms with Gasteiger partial charge in [0.25, 0.3) is 0 Å². The molecule has 0 radical (unpaired) electrons. The van der Waals surface area contributed by atoms with E-state index in [4.69, 9.17) is 0 Å². The molecule has 3 aromatic rings. The number of aromatic amines is 1. The second-order valence-corrected chi connectivity index (χ2v) is 6.99. The Labute approximate surface area is 164 Å². The molecule has 146 valence electrons. The highest BCUT2D eigenvalue weighted by Crippen LogP contribution is 2.20. The molecule has 4 rings (SSSR count). The van der Waals surface area contributed by atoms with Crippen LogP contribution in [0.4, 0.5) is 5.95 Å². The lowest BCUT2D eigenvalue weighted by atomic mass is 10.1. The third-order valence-electron chi connectivity index (χ3n) is 4.92. The van der Waals surface area contributed by atoms with Crippen LogP contribution in [-0.2, 0) is 13.0 Å². The fraction of sp³-hybridized carbons (Fsp3) is 0.421. The molecule has 3 N–H and O–H groups in total. The molecule has 3 heterocycles. The summed E-state index contributed by atoms with van der Waals surface area (Å²) in [5.74, 6) is 1.26. The van der Waals surface area contributed by atoms with Gasteiger partial charge in [0.15, 0.2) is 5.82 Å². The minimum absolute atomic E-state index is 0.548. The van der Waals surface area contributed by atoms with E-state index in [2.05, 4.69) is 77.3 Å². The summed E-state index contributed by atoms with van der Waals surface area (Å²) in [5, 5.41) is 20.5. The van der Waals surface area contributed by atoms with Crippen molar-refractivity contribution in [1.29, 1.82) is 0 Å². The first kappa shape index (κ1) is 18.5. The second kappa shape index (κ2) is 8.85. The van der Waals surface area contributed by atoms with E-state index in [1.807, 2.05) is 6.07 Å². The van der Waals surface area contributed by atoms with Crippen molar-refractivity contribution in [2.75, 3.05) is 31.5 Å². The Morgan fingerprint density at radius 2 is 2.25 bits per heavy atom. The smallest absolute Gasteiger partial charge is 0.223 e. The topological polar surface area (TPSA) is 108 Å². The minimum atomic E-state index is 0.548. The Kier molecular flexibility index (Phi) is 5.83. The first-order valence-corrected chi connectivity index (χ1v) is 9.61. The number of hydrogen-bond donors (Lipinski definition) is 3. The average molecular weight is 379 g/mol. The van der Waals surface area contributed by atoms with Crippen LogP contribution in [0.25, 0.3) is 11.3 Å². The van der Waals surface area contributed by atoms with Crippen molar-refractivity contribution >= 4 is 5.95 Å². The molecule has 0 spiro atoms. The van der Waals surface area contributed by atoms with Gasteiger partial charge in [-0.1, -0.05) is 23.4 Å². The molecule has 1 unspecified atom stereocenters. The number of nitrogens with zero attached hydrogens (tertiary/aromatic N) is 6. The maximum Gasteiger partial charge on any atom is 0.223 e. The maximum atomic E-state index is 4.65. The summed E-state index contributed by atoms with van der Waals surface area (Å²) in [6.07, 6.45) is 2.44. The van der Waals surface area contributed by atoms with Crippen LogP contribution >= 0.6 is 0 Å². The van der Waals surface area contributed by atoms with Gasteiger partial charge in [0.2, 0.25) is 5.95 Å². The van der Waals surface area contributed by atoms with Crippen LogP contribution in [0, 0.1) is 0 Å². The third-order valence-corrected chi connectivity index (χ3v) is 4.92. The molecular weight excluding hydrogens is 354 g/mol. The molecule has 1 aliphatic rings. The van der Waals surface area contributed by atoms with Gasteiger partial charge in [-0.15, -0.1) is 10.2 Å². The number of rotatable bonds is 7. The summed E-state index contributed by atoms with van der Waals surface area (Å²) in [6, 6.07) is 11.1. The van der Waals surface area contributed by atoms with E-state index in [0.29, 0.717) is 30.8 Å². The predicted octanol–water partition coefficient (Wildman–Crippen LogP) is 1.10. The van der Waals surface area contributed by atoms with E-state index in [1.54, 1.807) is 6.20 Å². The van der Waals surface area contributed by atoms with Crippen molar-refractivity contribution in [3.8, 4) is 11.3 Å². The fourth-order valence-electron chi connectivity index (χ4n) is 3.36. The van der Waals surface area contributed by atoms with E-state index in [0.717, 1.165) is 37.4 Å². The molecule has 28 heavy (non-hydrogen) atoms. The fourth-order valence-corrected chi connectivity index (χ4v) is 3.36. The van der Waals surface area contributed by atoms with Gasteiger partial charge in [0, 0.05) is 56.9 Å². The molecule has 9 heteroatoms. The molecule has 9 nitrogen and oxygen atoms in total. The molecule has 1 aliphatic heterocycles. The van der Waals surface area contributed by atoms with Gasteiger partial charge in [-0.05, 0) is 24.6 Å². The van der Waals surface area contributed by atoms with Crippen molar-refractivity contribution in [3.05, 3.63) is 47.9 Å². The van der Waals surface area contributed by atoms with Crippen molar-refractivity contribution in [1.82, 2.24) is 40.8 Å². The maximum absolute atomic E-state index is 4.65. The van der Waals surface area contributed by atoms with Crippen molar-refractivity contribution in [2.45, 2.75) is 25.9 Å². The van der Waals surface area contributed by atoms with Crippen LogP contribution in [0.5, 0.6) is 0 Å². The lowest BCUT2D eigenvalue weighted by Crippen LogP contribution is -2.49. The number of anilines is 1. The molecule has 2 aromatic heterocycles. The summed E-state index contributed by atoms with van der Waals surface area (Å²) in [7, 11) is 0. The summed E-state index contributed by atoms with van der Waals surface area (Å²) in [6.45, 7) is 7.04. The van der Waals surface area contributed by atoms with Crippen LogP contribution in [0.2, 0.25) is 0 Å². The standard InChI is InChI=1S/C19H25N9/c1-14-12-20-9-10-28(14)13-15-3-2-4-16(11-15)17-5-7-21-19(23-17)22-8-6-18-24-26-27-25-18/h2-5,7,11,14,20H,6,8-10,12-13H2,1H3,(H,21,22,23)(H,24,25,26,27). The summed E-state index contributed by atoms with van der Waals surface area (Å²) < 4.78 is 0. The van der Waals surface area contributed by atoms with E-state index in [1.165, 1.54) is 5.56 Å². The molecule has 0 amide bonds. The highest BCUT2D eigenvalue weighted by molar-refractivity contribution is 5.60. The van der Waals surface area contributed by atoms with Crippen LogP contribution < -0.4 is 10.6 Å². The van der Waals surface area contributed by atoms with Crippen LogP contribution in [-0.4, -0.2) is 67.7 Å². The van der Waals surface area contributed by atoms with Gasteiger partial charge in [0.1, 0.15) is 0 Å². The number of piperazine rings is 1. The molecule has 0 bridgehead atoms. The molecule has 1 fully saturated rings. The number of nitrogens with one attached hydrogen (secondary N) is 3. The van der Waals surface area contributed by atoms with Crippen LogP contribution in [0.1, 0.15) is 18.3 Å². The van der Waals surface area contributed by atoms with Gasteiger partial charge in [-0.2, -0.15) is 5.21 Å². The first-order chi connectivity index (χ1) is 13.8. The number of aromatic nitrogens is 6. The number of hydrogen-bond acceptors (Lipinski definition) is 8. The Hall–Kier alpha value is -2.91. The van der Waals surface area contributed by atoms with Crippen molar-refractivity contribution in [2.24, 2.45) is 0 Å².